The van der Waals surface area contributed by atoms with Crippen molar-refractivity contribution in [2.45, 2.75) is 40.8 Å². The fourth-order valence-corrected chi connectivity index (χ4v) is 4.67. The Bertz CT molecular complexity index is 1700. The minimum absolute atomic E-state index is 0.0602. The molecule has 9 heteroatoms. The number of benzene rings is 1. The molecule has 3 aromatic heterocycles. The van der Waals surface area contributed by atoms with Gasteiger partial charge in [-0.1, -0.05) is 35.3 Å². The molecule has 0 atom stereocenters. The van der Waals surface area contributed by atoms with Gasteiger partial charge in [-0.15, -0.1) is 0 Å². The molecular formula is C29H25Cl2N5O2. The number of allylic oxidation sites excluding steroid dienone is 1. The molecule has 0 unspecified atom stereocenters. The second-order valence-electron chi connectivity index (χ2n) is 8.66. The molecular weight excluding hydrogens is 521 g/mol. The first-order valence-corrected chi connectivity index (χ1v) is 12.6. The first kappa shape index (κ1) is 27.1. The number of hydrogen-bond donors (Lipinski definition) is 0. The number of aliphatic imine (C=N–C) groups is 1. The number of halogens is 2. The smallest absolute Gasteiger partial charge is 0.268 e. The quantitative estimate of drug-likeness (QED) is 0.244. The van der Waals surface area contributed by atoms with E-state index in [0.717, 1.165) is 16.6 Å². The van der Waals surface area contributed by atoms with Crippen LogP contribution in [-0.2, 0) is 13.2 Å². The average Bonchev–Trinajstić information content (AvgIpc) is 2.87. The van der Waals surface area contributed by atoms with Gasteiger partial charge >= 0.3 is 0 Å². The van der Waals surface area contributed by atoms with Gasteiger partial charge in [0.15, 0.2) is 0 Å². The van der Waals surface area contributed by atoms with Crippen LogP contribution in [0, 0.1) is 25.2 Å². The van der Waals surface area contributed by atoms with Crippen LogP contribution in [0.15, 0.2) is 63.5 Å². The number of fused-ring (bicyclic) bond motifs is 1. The first-order valence-electron chi connectivity index (χ1n) is 11.9. The average molecular weight is 546 g/mol. The topological polar surface area (TPSA) is 93.2 Å². The van der Waals surface area contributed by atoms with Crippen molar-refractivity contribution in [3.05, 3.63) is 103 Å². The summed E-state index contributed by atoms with van der Waals surface area (Å²) in [6.07, 6.45) is 3.32. The SMILES string of the molecule is CC=N/C(=C(\C)Cl)c1cc(C)nc2c(OCc3c(Cl)cc(C)nc3Cn3cccc(C#N)c3=O)cccc12. The third-order valence-corrected chi connectivity index (χ3v) is 6.40. The third-order valence-electron chi connectivity index (χ3n) is 5.89. The van der Waals surface area contributed by atoms with Gasteiger partial charge in [0.1, 0.15) is 29.5 Å². The van der Waals surface area contributed by atoms with Crippen LogP contribution in [-0.4, -0.2) is 20.7 Å². The number of aryl methyl sites for hydroxylation is 2. The van der Waals surface area contributed by atoms with Crippen LogP contribution in [0.4, 0.5) is 0 Å². The summed E-state index contributed by atoms with van der Waals surface area (Å²) in [6, 6.07) is 14.5. The molecule has 0 bridgehead atoms. The standard InChI is InChI=1S/C29H25Cl2N5O2/c1-5-33-27(19(4)30)22-12-17(2)35-28-21(22)9-6-10-26(28)38-16-23-24(31)13-18(3)34-25(23)15-36-11-7-8-20(14-32)29(36)37/h5-13H,15-16H2,1-4H3/b27-19+,33-5?. The van der Waals surface area contributed by atoms with E-state index in [2.05, 4.69) is 9.98 Å². The zero-order chi connectivity index (χ0) is 27.4. The Morgan fingerprint density at radius 1 is 1.18 bits per heavy atom. The summed E-state index contributed by atoms with van der Waals surface area (Å²) in [6.45, 7) is 7.62. The van der Waals surface area contributed by atoms with Crippen LogP contribution in [0.1, 0.15) is 47.6 Å². The third kappa shape index (κ3) is 5.62. The molecule has 0 saturated carbocycles. The van der Waals surface area contributed by atoms with E-state index in [4.69, 9.17) is 32.9 Å². The number of nitriles is 1. The number of hydrogen-bond acceptors (Lipinski definition) is 6. The normalized spacial score (nSPS) is 12.0. The van der Waals surface area contributed by atoms with E-state index >= 15 is 0 Å². The molecule has 0 N–H and O–H groups in total. The lowest BCUT2D eigenvalue weighted by molar-refractivity contribution is 0.307. The molecule has 0 spiro atoms. The van der Waals surface area contributed by atoms with Crippen LogP contribution in [0.2, 0.25) is 5.02 Å². The van der Waals surface area contributed by atoms with Crippen molar-refractivity contribution in [2.24, 2.45) is 4.99 Å². The van der Waals surface area contributed by atoms with Gasteiger partial charge in [-0.05, 0) is 58.0 Å². The van der Waals surface area contributed by atoms with Crippen molar-refractivity contribution in [2.75, 3.05) is 0 Å². The molecule has 38 heavy (non-hydrogen) atoms. The Labute approximate surface area is 230 Å². The molecule has 4 rings (SSSR count). The van der Waals surface area contributed by atoms with Gasteiger partial charge < -0.3 is 9.30 Å². The van der Waals surface area contributed by atoms with Crippen molar-refractivity contribution < 1.29 is 4.74 Å². The Balaban J connectivity index is 1.76. The molecule has 0 radical (unpaired) electrons. The molecule has 7 nitrogen and oxygen atoms in total. The predicted molar refractivity (Wildman–Crippen MR) is 152 cm³/mol. The van der Waals surface area contributed by atoms with Crippen molar-refractivity contribution in [1.29, 1.82) is 5.26 Å². The van der Waals surface area contributed by atoms with Crippen molar-refractivity contribution >= 4 is 46.0 Å². The minimum Gasteiger partial charge on any atom is -0.486 e. The van der Waals surface area contributed by atoms with Crippen LogP contribution >= 0.6 is 23.2 Å². The lowest BCUT2D eigenvalue weighted by Crippen LogP contribution is -2.23. The maximum Gasteiger partial charge on any atom is 0.268 e. The molecule has 0 fully saturated rings. The van der Waals surface area contributed by atoms with Gasteiger partial charge in [-0.3, -0.25) is 14.8 Å². The van der Waals surface area contributed by atoms with E-state index in [1.165, 1.54) is 10.6 Å². The highest BCUT2D eigenvalue weighted by molar-refractivity contribution is 6.32. The minimum atomic E-state index is -0.393. The number of ether oxygens (including phenoxy) is 1. The first-order chi connectivity index (χ1) is 18.2. The number of nitrogens with zero attached hydrogens (tertiary/aromatic N) is 5. The molecule has 0 saturated heterocycles. The Morgan fingerprint density at radius 3 is 2.66 bits per heavy atom. The van der Waals surface area contributed by atoms with Gasteiger partial charge in [-0.2, -0.15) is 5.26 Å². The molecule has 3 heterocycles. The maximum atomic E-state index is 12.6. The summed E-state index contributed by atoms with van der Waals surface area (Å²) in [7, 11) is 0. The highest BCUT2D eigenvalue weighted by Gasteiger charge is 2.17. The Hall–Kier alpha value is -3.99. The Kier molecular flexibility index (Phi) is 8.26. The van der Waals surface area contributed by atoms with Gasteiger partial charge in [0.25, 0.3) is 5.56 Å². The highest BCUT2D eigenvalue weighted by Crippen LogP contribution is 2.34. The molecule has 4 aromatic rings. The van der Waals surface area contributed by atoms with E-state index in [-0.39, 0.29) is 18.7 Å². The van der Waals surface area contributed by atoms with E-state index in [9.17, 15) is 10.1 Å². The van der Waals surface area contributed by atoms with E-state index in [1.807, 2.05) is 51.1 Å². The second-order valence-corrected chi connectivity index (χ2v) is 9.63. The van der Waals surface area contributed by atoms with Crippen LogP contribution in [0.25, 0.3) is 16.6 Å². The molecule has 0 aliphatic heterocycles. The second kappa shape index (κ2) is 11.6. The predicted octanol–water partition coefficient (Wildman–Crippen LogP) is 6.58. The van der Waals surface area contributed by atoms with E-state index < -0.39 is 5.56 Å². The summed E-state index contributed by atoms with van der Waals surface area (Å²) in [5.41, 5.74) is 4.58. The van der Waals surface area contributed by atoms with E-state index in [0.29, 0.717) is 44.0 Å². The monoisotopic (exact) mass is 545 g/mol. The van der Waals surface area contributed by atoms with Crippen LogP contribution in [0.3, 0.4) is 0 Å². The highest BCUT2D eigenvalue weighted by atomic mass is 35.5. The molecule has 192 valence electrons. The van der Waals surface area contributed by atoms with E-state index in [1.54, 1.807) is 31.5 Å². The number of rotatable bonds is 7. The van der Waals surface area contributed by atoms with Crippen molar-refractivity contribution in [3.8, 4) is 11.8 Å². The lowest BCUT2D eigenvalue weighted by Gasteiger charge is -2.16. The zero-order valence-corrected chi connectivity index (χ0v) is 22.9. The van der Waals surface area contributed by atoms with Crippen LogP contribution in [0.5, 0.6) is 5.75 Å². The van der Waals surface area contributed by atoms with Gasteiger partial charge in [-0.25, -0.2) is 4.98 Å². The summed E-state index contributed by atoms with van der Waals surface area (Å²) in [5.74, 6) is 0.561. The molecule has 0 aliphatic carbocycles. The van der Waals surface area contributed by atoms with Gasteiger partial charge in [0, 0.05) is 45.3 Å². The number of aromatic nitrogens is 3. The molecule has 1 aromatic carbocycles. The fourth-order valence-electron chi connectivity index (χ4n) is 4.20. The molecule has 0 aliphatic rings. The Morgan fingerprint density at radius 2 is 1.95 bits per heavy atom. The summed E-state index contributed by atoms with van der Waals surface area (Å²) in [4.78, 5) is 26.5. The van der Waals surface area contributed by atoms with Crippen LogP contribution < -0.4 is 10.3 Å². The van der Waals surface area contributed by atoms with Gasteiger partial charge in [0.05, 0.1) is 23.0 Å². The van der Waals surface area contributed by atoms with Gasteiger partial charge in [0.2, 0.25) is 0 Å². The largest absolute Gasteiger partial charge is 0.486 e. The van der Waals surface area contributed by atoms with Crippen molar-refractivity contribution in [3.63, 3.8) is 0 Å². The van der Waals surface area contributed by atoms with Crippen molar-refractivity contribution in [1.82, 2.24) is 14.5 Å². The summed E-state index contributed by atoms with van der Waals surface area (Å²) < 4.78 is 7.71. The number of pyridine rings is 3. The zero-order valence-electron chi connectivity index (χ0n) is 21.4. The lowest BCUT2D eigenvalue weighted by atomic mass is 10.0. The summed E-state index contributed by atoms with van der Waals surface area (Å²) >= 11 is 13.0. The summed E-state index contributed by atoms with van der Waals surface area (Å²) in [5, 5.41) is 11.1. The number of para-hydroxylation sites is 1. The maximum absolute atomic E-state index is 12.6. The fraction of sp³-hybridized carbons (Fsp3) is 0.207. The molecule has 0 amide bonds.